The number of hydrogen-bond acceptors (Lipinski definition) is 3. The van der Waals surface area contributed by atoms with E-state index in [1.54, 1.807) is 13.8 Å². The van der Waals surface area contributed by atoms with Crippen molar-refractivity contribution in [1.29, 1.82) is 0 Å². The lowest BCUT2D eigenvalue weighted by molar-refractivity contribution is 0.429. The molecule has 0 aliphatic heterocycles. The first-order valence-electron chi connectivity index (χ1n) is 2.91. The molecule has 1 atom stereocenters. The molecule has 1 unspecified atom stereocenters. The van der Waals surface area contributed by atoms with Crippen molar-refractivity contribution in [2.24, 2.45) is 0 Å². The van der Waals surface area contributed by atoms with Gasteiger partial charge in [-0.25, -0.2) is 8.93 Å². The highest BCUT2D eigenvalue weighted by atomic mass is 32.2. The summed E-state index contributed by atoms with van der Waals surface area (Å²) in [5.74, 6) is 0.239. The largest absolute Gasteiger partial charge is 0.337 e. The summed E-state index contributed by atoms with van der Waals surface area (Å²) in [6.45, 7) is 3.51. The van der Waals surface area contributed by atoms with Crippen LogP contribution in [0.5, 0.6) is 0 Å². The third kappa shape index (κ3) is 1.78. The van der Waals surface area contributed by atoms with Gasteiger partial charge in [-0.2, -0.15) is 0 Å². The predicted molar refractivity (Wildman–Crippen MR) is 40.4 cm³/mol. The van der Waals surface area contributed by atoms with Crippen molar-refractivity contribution in [2.45, 2.75) is 13.8 Å². The molecule has 6 heteroatoms. The second kappa shape index (κ2) is 3.02. The molecule has 0 radical (unpaired) electrons. The second-order valence-electron chi connectivity index (χ2n) is 2.07. The maximum absolute atomic E-state index is 10.2. The number of hydrogen-bond donors (Lipinski definition) is 2. The Morgan fingerprint density at radius 1 is 1.64 bits per heavy atom. The molecule has 1 aromatic heterocycles. The fraction of sp³-hybridized carbons (Fsp3) is 0.400. The van der Waals surface area contributed by atoms with E-state index in [9.17, 15) is 4.21 Å². The molecule has 1 aromatic rings. The van der Waals surface area contributed by atoms with E-state index in [0.29, 0.717) is 5.69 Å². The topological polar surface area (TPSA) is 75.4 Å². The third-order valence-corrected chi connectivity index (χ3v) is 1.70. The van der Waals surface area contributed by atoms with Crippen molar-refractivity contribution in [3.05, 3.63) is 11.3 Å². The highest BCUT2D eigenvalue weighted by Gasteiger charge is 2.08. The van der Waals surface area contributed by atoms with Gasteiger partial charge in [0, 0.05) is 5.56 Å². The quantitative estimate of drug-likeness (QED) is 0.655. The third-order valence-electron chi connectivity index (χ3n) is 1.34. The zero-order valence-electron chi connectivity index (χ0n) is 6.12. The molecule has 0 aromatic carbocycles. The van der Waals surface area contributed by atoms with E-state index in [1.807, 2.05) is 0 Å². The highest BCUT2D eigenvalue weighted by Crippen LogP contribution is 2.16. The Balaban J connectivity index is 2.87. The molecule has 0 saturated heterocycles. The van der Waals surface area contributed by atoms with E-state index in [4.69, 9.17) is 9.08 Å². The number of aryl methyl sites for hydroxylation is 1. The fourth-order valence-electron chi connectivity index (χ4n) is 0.590. The lowest BCUT2D eigenvalue weighted by Crippen LogP contribution is -2.01. The molecule has 5 nitrogen and oxygen atoms in total. The maximum atomic E-state index is 10.2. The second-order valence-corrected chi connectivity index (χ2v) is 2.78. The summed E-state index contributed by atoms with van der Waals surface area (Å²) in [7, 11) is 0. The van der Waals surface area contributed by atoms with Crippen LogP contribution in [0.4, 0.5) is 5.88 Å². The van der Waals surface area contributed by atoms with Crippen LogP contribution in [0.3, 0.4) is 0 Å². The van der Waals surface area contributed by atoms with Gasteiger partial charge in [0.2, 0.25) is 5.88 Å². The first-order chi connectivity index (χ1) is 5.11. The molecule has 0 aliphatic rings. The summed E-state index contributed by atoms with van der Waals surface area (Å²) in [5.41, 5.74) is 1.45. The summed E-state index contributed by atoms with van der Waals surface area (Å²) in [5, 5.41) is 3.59. The normalized spacial score (nSPS) is 13.0. The van der Waals surface area contributed by atoms with Gasteiger partial charge in [-0.1, -0.05) is 5.16 Å². The van der Waals surface area contributed by atoms with E-state index in [1.165, 1.54) is 0 Å². The number of aromatic nitrogens is 1. The standard InChI is InChI=1S/C5H8N2O3S/c1-3-4(2)6-10-5(3)7-11(8)9/h7H,1-2H3,(H,8,9). The summed E-state index contributed by atoms with van der Waals surface area (Å²) in [4.78, 5) is 0. The molecule has 62 valence electrons. The van der Waals surface area contributed by atoms with Gasteiger partial charge in [-0.3, -0.25) is 4.55 Å². The van der Waals surface area contributed by atoms with Crippen LogP contribution in [0.15, 0.2) is 4.52 Å². The molecule has 0 saturated carbocycles. The predicted octanol–water partition coefficient (Wildman–Crippen LogP) is 0.840. The molecule has 1 rings (SSSR count). The smallest absolute Gasteiger partial charge is 0.261 e. The van der Waals surface area contributed by atoms with Crippen LogP contribution in [0, 0.1) is 13.8 Å². The molecule has 0 spiro atoms. The first kappa shape index (κ1) is 8.22. The maximum Gasteiger partial charge on any atom is 0.261 e. The van der Waals surface area contributed by atoms with E-state index < -0.39 is 11.3 Å². The van der Waals surface area contributed by atoms with Crippen molar-refractivity contribution in [1.82, 2.24) is 5.16 Å². The van der Waals surface area contributed by atoms with Gasteiger partial charge >= 0.3 is 0 Å². The Morgan fingerprint density at radius 3 is 2.64 bits per heavy atom. The minimum atomic E-state index is -2.10. The Hall–Kier alpha value is -0.880. The van der Waals surface area contributed by atoms with E-state index in [-0.39, 0.29) is 5.88 Å². The van der Waals surface area contributed by atoms with Crippen molar-refractivity contribution in [3.63, 3.8) is 0 Å². The average Bonchev–Trinajstić information content (AvgIpc) is 2.18. The van der Waals surface area contributed by atoms with Crippen LogP contribution < -0.4 is 4.72 Å². The zero-order chi connectivity index (χ0) is 8.43. The Labute approximate surface area is 66.2 Å². The lowest BCUT2D eigenvalue weighted by atomic mass is 10.3. The van der Waals surface area contributed by atoms with Gasteiger partial charge in [-0.15, -0.1) is 0 Å². The molecule has 11 heavy (non-hydrogen) atoms. The van der Waals surface area contributed by atoms with Gasteiger partial charge < -0.3 is 4.52 Å². The summed E-state index contributed by atoms with van der Waals surface area (Å²) < 4.78 is 25.5. The van der Waals surface area contributed by atoms with Gasteiger partial charge in [-0.05, 0) is 13.8 Å². The van der Waals surface area contributed by atoms with E-state index in [0.717, 1.165) is 5.56 Å². The van der Waals surface area contributed by atoms with Gasteiger partial charge in [0.05, 0.1) is 5.69 Å². The van der Waals surface area contributed by atoms with E-state index in [2.05, 4.69) is 9.88 Å². The van der Waals surface area contributed by atoms with Gasteiger partial charge in [0.25, 0.3) is 11.3 Å². The van der Waals surface area contributed by atoms with Crippen molar-refractivity contribution in [3.8, 4) is 0 Å². The minimum Gasteiger partial charge on any atom is -0.337 e. The Bertz CT molecular complexity index is 283. The summed E-state index contributed by atoms with van der Waals surface area (Å²) >= 11 is -2.10. The van der Waals surface area contributed by atoms with Crippen LogP contribution in [0.1, 0.15) is 11.3 Å². The Kier molecular flexibility index (Phi) is 2.25. The van der Waals surface area contributed by atoms with E-state index >= 15 is 0 Å². The first-order valence-corrected chi connectivity index (χ1v) is 4.02. The molecule has 1 heterocycles. The van der Waals surface area contributed by atoms with Crippen LogP contribution >= 0.6 is 0 Å². The lowest BCUT2D eigenvalue weighted by Gasteiger charge is -1.93. The number of anilines is 1. The SMILES string of the molecule is Cc1noc(NS(=O)O)c1C. The van der Waals surface area contributed by atoms with Gasteiger partial charge in [0.1, 0.15) is 0 Å². The van der Waals surface area contributed by atoms with Crippen LogP contribution in [0.2, 0.25) is 0 Å². The molecular formula is C5H8N2O3S. The van der Waals surface area contributed by atoms with Crippen LogP contribution in [0.25, 0.3) is 0 Å². The molecule has 0 fully saturated rings. The Morgan fingerprint density at radius 2 is 2.27 bits per heavy atom. The molecular weight excluding hydrogens is 168 g/mol. The number of rotatable bonds is 2. The number of nitrogens with one attached hydrogen (secondary N) is 1. The average molecular weight is 176 g/mol. The summed E-state index contributed by atoms with van der Waals surface area (Å²) in [6.07, 6.45) is 0. The fourth-order valence-corrected chi connectivity index (χ4v) is 0.939. The molecule has 0 bridgehead atoms. The minimum absolute atomic E-state index is 0.239. The summed E-state index contributed by atoms with van der Waals surface area (Å²) in [6, 6.07) is 0. The van der Waals surface area contributed by atoms with Crippen molar-refractivity contribution in [2.75, 3.05) is 4.72 Å². The van der Waals surface area contributed by atoms with Crippen molar-refractivity contribution >= 4 is 17.2 Å². The highest BCUT2D eigenvalue weighted by molar-refractivity contribution is 7.80. The van der Waals surface area contributed by atoms with Crippen LogP contribution in [-0.2, 0) is 11.3 Å². The monoisotopic (exact) mass is 176 g/mol. The number of nitrogens with zero attached hydrogens (tertiary/aromatic N) is 1. The molecule has 0 amide bonds. The van der Waals surface area contributed by atoms with Gasteiger partial charge in [0.15, 0.2) is 0 Å². The zero-order valence-corrected chi connectivity index (χ0v) is 6.94. The van der Waals surface area contributed by atoms with Crippen LogP contribution in [-0.4, -0.2) is 13.9 Å². The molecule has 0 aliphatic carbocycles. The molecule has 2 N–H and O–H groups in total. The van der Waals surface area contributed by atoms with Crippen molar-refractivity contribution < 1.29 is 13.3 Å².